The van der Waals surface area contributed by atoms with E-state index in [0.29, 0.717) is 6.61 Å². The highest BCUT2D eigenvalue weighted by Crippen LogP contribution is 2.40. The first-order valence-corrected chi connectivity index (χ1v) is 12.5. The Labute approximate surface area is 181 Å². The molecule has 3 atom stereocenters. The van der Waals surface area contributed by atoms with Crippen molar-refractivity contribution in [3.63, 3.8) is 0 Å². The molecule has 0 aliphatic carbocycles. The molecule has 0 amide bonds. The van der Waals surface area contributed by atoms with Crippen molar-refractivity contribution in [2.24, 2.45) is 5.92 Å². The molecule has 0 saturated carbocycles. The predicted molar refractivity (Wildman–Crippen MR) is 126 cm³/mol. The first-order chi connectivity index (χ1) is 14.4. The minimum absolute atomic E-state index is 0.0260. The standard InChI is InChI=1S/C26H32O3Si/c1-5-6-9-14-21-20-28-24(19-27)25(21)29-30(26(2,3)4,22-15-10-7-11-16-22)23-17-12-8-13-18-23/h5-19,21,24-25H,20H2,1-4H3/b6-5+,14-9+/t21-,24-,25+/m0/s1. The minimum Gasteiger partial charge on any atom is -0.401 e. The molecule has 0 spiro atoms. The topological polar surface area (TPSA) is 35.5 Å². The van der Waals surface area contributed by atoms with E-state index >= 15 is 0 Å². The summed E-state index contributed by atoms with van der Waals surface area (Å²) in [4.78, 5) is 11.9. The van der Waals surface area contributed by atoms with E-state index in [2.05, 4.69) is 75.4 Å². The summed E-state index contributed by atoms with van der Waals surface area (Å²) < 4.78 is 13.0. The molecule has 30 heavy (non-hydrogen) atoms. The van der Waals surface area contributed by atoms with Crippen molar-refractivity contribution in [2.45, 2.75) is 44.9 Å². The number of aldehydes is 1. The zero-order valence-electron chi connectivity index (χ0n) is 18.3. The van der Waals surface area contributed by atoms with E-state index in [1.165, 1.54) is 10.4 Å². The Hall–Kier alpha value is -2.27. The third-order valence-corrected chi connectivity index (χ3v) is 10.8. The first-order valence-electron chi connectivity index (χ1n) is 10.6. The van der Waals surface area contributed by atoms with Gasteiger partial charge in [0, 0.05) is 5.92 Å². The van der Waals surface area contributed by atoms with Crippen molar-refractivity contribution in [2.75, 3.05) is 6.61 Å². The number of hydrogen-bond acceptors (Lipinski definition) is 3. The van der Waals surface area contributed by atoms with Crippen molar-refractivity contribution in [3.8, 4) is 0 Å². The van der Waals surface area contributed by atoms with E-state index in [4.69, 9.17) is 9.16 Å². The molecule has 0 N–H and O–H groups in total. The van der Waals surface area contributed by atoms with Crippen LogP contribution in [0.25, 0.3) is 0 Å². The molecule has 1 aliphatic heterocycles. The second-order valence-corrected chi connectivity index (χ2v) is 13.0. The van der Waals surface area contributed by atoms with Crippen molar-refractivity contribution in [1.29, 1.82) is 0 Å². The van der Waals surface area contributed by atoms with Gasteiger partial charge in [-0.25, -0.2) is 0 Å². The average molecular weight is 421 g/mol. The molecule has 2 aromatic carbocycles. The lowest BCUT2D eigenvalue weighted by molar-refractivity contribution is -0.118. The van der Waals surface area contributed by atoms with Gasteiger partial charge in [0.05, 0.1) is 12.7 Å². The molecular weight excluding hydrogens is 388 g/mol. The molecule has 3 rings (SSSR count). The molecule has 158 valence electrons. The molecule has 1 saturated heterocycles. The zero-order valence-corrected chi connectivity index (χ0v) is 19.3. The average Bonchev–Trinajstić information content (AvgIpc) is 3.14. The number of rotatable bonds is 7. The number of carbonyl (C=O) groups is 1. The van der Waals surface area contributed by atoms with Gasteiger partial charge >= 0.3 is 0 Å². The maximum absolute atomic E-state index is 11.9. The van der Waals surface area contributed by atoms with Gasteiger partial charge in [-0.05, 0) is 22.3 Å². The van der Waals surface area contributed by atoms with Crippen LogP contribution in [0.3, 0.4) is 0 Å². The Morgan fingerprint density at radius 3 is 2.00 bits per heavy atom. The van der Waals surface area contributed by atoms with Crippen LogP contribution in [-0.2, 0) is 14.0 Å². The summed E-state index contributed by atoms with van der Waals surface area (Å²) in [5, 5.41) is 2.26. The third-order valence-electron chi connectivity index (χ3n) is 5.75. The van der Waals surface area contributed by atoms with Crippen LogP contribution in [-0.4, -0.2) is 33.4 Å². The van der Waals surface area contributed by atoms with Crippen molar-refractivity contribution < 1.29 is 14.0 Å². The quantitative estimate of drug-likeness (QED) is 0.381. The molecule has 0 radical (unpaired) electrons. The zero-order chi connectivity index (χ0) is 21.6. The van der Waals surface area contributed by atoms with E-state index in [0.717, 1.165) is 6.29 Å². The fourth-order valence-electron chi connectivity index (χ4n) is 4.31. The highest BCUT2D eigenvalue weighted by Gasteiger charge is 2.54. The van der Waals surface area contributed by atoms with Gasteiger partial charge < -0.3 is 14.0 Å². The summed E-state index contributed by atoms with van der Waals surface area (Å²) in [6.45, 7) is 9.21. The lowest BCUT2D eigenvalue weighted by Crippen LogP contribution is -2.68. The highest BCUT2D eigenvalue weighted by atomic mass is 28.4. The van der Waals surface area contributed by atoms with Crippen LogP contribution in [0, 0.1) is 5.92 Å². The molecular formula is C26H32O3Si. The van der Waals surface area contributed by atoms with Gasteiger partial charge in [-0.15, -0.1) is 0 Å². The van der Waals surface area contributed by atoms with E-state index in [9.17, 15) is 4.79 Å². The van der Waals surface area contributed by atoms with E-state index in [1.807, 2.05) is 37.3 Å². The number of hydrogen-bond donors (Lipinski definition) is 0. The van der Waals surface area contributed by atoms with Gasteiger partial charge in [-0.3, -0.25) is 0 Å². The molecule has 1 fully saturated rings. The van der Waals surface area contributed by atoms with Gasteiger partial charge in [-0.2, -0.15) is 0 Å². The smallest absolute Gasteiger partial charge is 0.261 e. The molecule has 0 aromatic heterocycles. The summed E-state index contributed by atoms with van der Waals surface area (Å²) in [6.07, 6.45) is 8.11. The highest BCUT2D eigenvalue weighted by molar-refractivity contribution is 6.99. The second kappa shape index (κ2) is 9.69. The Balaban J connectivity index is 2.15. The Bertz CT molecular complexity index is 829. The molecule has 3 nitrogen and oxygen atoms in total. The number of allylic oxidation sites excluding steroid dienone is 3. The van der Waals surface area contributed by atoms with Crippen LogP contribution < -0.4 is 10.4 Å². The van der Waals surface area contributed by atoms with E-state index in [-0.39, 0.29) is 17.1 Å². The van der Waals surface area contributed by atoms with Crippen molar-refractivity contribution in [3.05, 3.63) is 85.0 Å². The largest absolute Gasteiger partial charge is 0.401 e. The summed E-state index contributed by atoms with van der Waals surface area (Å²) >= 11 is 0. The van der Waals surface area contributed by atoms with Crippen LogP contribution in [0.4, 0.5) is 0 Å². The fourth-order valence-corrected chi connectivity index (χ4v) is 9.04. The Kier molecular flexibility index (Phi) is 7.24. The van der Waals surface area contributed by atoms with E-state index in [1.54, 1.807) is 0 Å². The SMILES string of the molecule is C/C=C/C=C/[C@H]1CO[C@@H](C=O)[C@@H]1O[Si](c1ccccc1)(c1ccccc1)C(C)(C)C. The summed E-state index contributed by atoms with van der Waals surface area (Å²) in [6, 6.07) is 21.0. The summed E-state index contributed by atoms with van der Waals surface area (Å²) in [5.41, 5.74) is 0. The lowest BCUT2D eigenvalue weighted by atomic mass is 10.0. The van der Waals surface area contributed by atoms with Crippen LogP contribution >= 0.6 is 0 Å². The lowest BCUT2D eigenvalue weighted by Gasteiger charge is -2.45. The van der Waals surface area contributed by atoms with Crippen LogP contribution in [0.5, 0.6) is 0 Å². The van der Waals surface area contributed by atoms with Gasteiger partial charge in [0.25, 0.3) is 8.32 Å². The molecule has 2 aromatic rings. The third kappa shape index (κ3) is 4.41. The number of benzene rings is 2. The number of carbonyl (C=O) groups excluding carboxylic acids is 1. The normalized spacial score (nSPS) is 22.7. The molecule has 1 aliphatic rings. The maximum Gasteiger partial charge on any atom is 0.261 e. The van der Waals surface area contributed by atoms with Crippen molar-refractivity contribution >= 4 is 25.0 Å². The van der Waals surface area contributed by atoms with Gasteiger partial charge in [0.2, 0.25) is 0 Å². The van der Waals surface area contributed by atoms with Crippen LogP contribution in [0.1, 0.15) is 27.7 Å². The fraction of sp³-hybridized carbons (Fsp3) is 0.346. The minimum atomic E-state index is -2.75. The van der Waals surface area contributed by atoms with Crippen molar-refractivity contribution in [1.82, 2.24) is 0 Å². The maximum atomic E-state index is 11.9. The first kappa shape index (κ1) is 22.4. The Morgan fingerprint density at radius 1 is 0.967 bits per heavy atom. The molecule has 0 unspecified atom stereocenters. The van der Waals surface area contributed by atoms with Crippen LogP contribution in [0.15, 0.2) is 85.0 Å². The molecule has 4 heteroatoms. The van der Waals surface area contributed by atoms with Gasteiger partial charge in [0.15, 0.2) is 6.29 Å². The summed E-state index contributed by atoms with van der Waals surface area (Å²) in [5.74, 6) is 0.0260. The number of ether oxygens (including phenoxy) is 1. The summed E-state index contributed by atoms with van der Waals surface area (Å²) in [7, 11) is -2.75. The van der Waals surface area contributed by atoms with Gasteiger partial charge in [0.1, 0.15) is 6.10 Å². The van der Waals surface area contributed by atoms with E-state index < -0.39 is 14.4 Å². The molecule has 1 heterocycles. The Morgan fingerprint density at radius 2 is 1.53 bits per heavy atom. The molecule has 0 bridgehead atoms. The van der Waals surface area contributed by atoms with Gasteiger partial charge in [-0.1, -0.05) is 106 Å². The van der Waals surface area contributed by atoms with Crippen LogP contribution in [0.2, 0.25) is 5.04 Å². The monoisotopic (exact) mass is 420 g/mol. The predicted octanol–water partition coefficient (Wildman–Crippen LogP) is 4.28. The second-order valence-electron chi connectivity index (χ2n) is 8.75.